The zero-order valence-corrected chi connectivity index (χ0v) is 17.1. The van der Waals surface area contributed by atoms with Gasteiger partial charge in [0.25, 0.3) is 0 Å². The Morgan fingerprint density at radius 3 is 2.59 bits per heavy atom. The summed E-state index contributed by atoms with van der Waals surface area (Å²) in [6.07, 6.45) is 7.84. The molecule has 0 aromatic heterocycles. The number of allylic oxidation sites excluding steroid dienone is 2. The summed E-state index contributed by atoms with van der Waals surface area (Å²) in [5.74, 6) is 1.21. The molecule has 2 unspecified atom stereocenters. The number of nitrogens with one attached hydrogen (secondary N) is 1. The molecule has 2 aromatic rings. The summed E-state index contributed by atoms with van der Waals surface area (Å²) in [6, 6.07) is 15.7. The number of aliphatic hydroxyl groups excluding tert-OH is 1. The predicted octanol–water partition coefficient (Wildman–Crippen LogP) is 4.47. The molecule has 7 heteroatoms. The molecule has 2 aromatic carbocycles. The first kappa shape index (κ1) is 20.3. The Kier molecular flexibility index (Phi) is 6.12. The molecule has 1 aliphatic heterocycles. The number of ether oxygens (including phenoxy) is 1. The van der Waals surface area contributed by atoms with E-state index in [0.29, 0.717) is 24.0 Å². The van der Waals surface area contributed by atoms with Gasteiger partial charge in [0.2, 0.25) is 0 Å². The van der Waals surface area contributed by atoms with Crippen LogP contribution in [0.2, 0.25) is 0 Å². The minimum absolute atomic E-state index is 0.0802. The highest BCUT2D eigenvalue weighted by Crippen LogP contribution is 2.50. The van der Waals surface area contributed by atoms with Gasteiger partial charge in [-0.05, 0) is 54.9 Å². The van der Waals surface area contributed by atoms with Gasteiger partial charge in [0.15, 0.2) is 0 Å². The van der Waals surface area contributed by atoms with E-state index in [-0.39, 0.29) is 6.54 Å². The zero-order valence-electron chi connectivity index (χ0n) is 16.3. The first-order valence-corrected chi connectivity index (χ1v) is 11.5. The van der Waals surface area contributed by atoms with E-state index in [1.54, 1.807) is 0 Å². The molecule has 1 heterocycles. The van der Waals surface area contributed by atoms with Gasteiger partial charge < -0.3 is 9.84 Å². The Bertz CT molecular complexity index is 859. The van der Waals surface area contributed by atoms with E-state index in [2.05, 4.69) is 16.9 Å². The fraction of sp³-hybridized carbons (Fsp3) is 0.364. The van der Waals surface area contributed by atoms with Crippen molar-refractivity contribution in [2.45, 2.75) is 38.5 Å². The number of anilines is 1. The molecule has 4 N–H and O–H groups in total. The summed E-state index contributed by atoms with van der Waals surface area (Å²) in [5.41, 5.74) is 2.77. The van der Waals surface area contributed by atoms with Gasteiger partial charge in [-0.2, -0.15) is 4.72 Å². The summed E-state index contributed by atoms with van der Waals surface area (Å²) in [6.45, 7) is 0.462. The van der Waals surface area contributed by atoms with Crippen molar-refractivity contribution in [3.8, 4) is 5.75 Å². The van der Waals surface area contributed by atoms with Crippen molar-refractivity contribution >= 4 is 16.6 Å². The van der Waals surface area contributed by atoms with Crippen LogP contribution in [0, 0.1) is 5.92 Å². The van der Waals surface area contributed by atoms with Crippen LogP contribution in [-0.2, 0) is 13.0 Å². The maximum atomic E-state index is 10.3. The largest absolute Gasteiger partial charge is 0.487 e. The minimum Gasteiger partial charge on any atom is -0.487 e. The van der Waals surface area contributed by atoms with Gasteiger partial charge in [0, 0.05) is 0 Å². The van der Waals surface area contributed by atoms with E-state index >= 15 is 0 Å². The molecule has 1 fully saturated rings. The summed E-state index contributed by atoms with van der Waals surface area (Å²) in [5, 5.41) is 9.87. The van der Waals surface area contributed by atoms with E-state index in [1.165, 1.54) is 16.3 Å². The second kappa shape index (κ2) is 8.77. The second-order valence-corrected chi connectivity index (χ2v) is 9.36. The molecule has 2 atom stereocenters. The number of β-amino-alcohol motifs (C(OH)–C–C–N with tert-alkyl or cyclic N) is 1. The third-order valence-corrected chi connectivity index (χ3v) is 6.92. The Morgan fingerprint density at radius 1 is 1.07 bits per heavy atom. The van der Waals surface area contributed by atoms with Crippen LogP contribution >= 0.6 is 11.0 Å². The van der Waals surface area contributed by atoms with Crippen molar-refractivity contribution in [2.75, 3.05) is 10.8 Å². The molecule has 0 radical (unpaired) electrons. The van der Waals surface area contributed by atoms with Gasteiger partial charge >= 0.3 is 0 Å². The van der Waals surface area contributed by atoms with Gasteiger partial charge in [-0.1, -0.05) is 59.5 Å². The highest BCUT2D eigenvalue weighted by Gasteiger charge is 2.36. The maximum absolute atomic E-state index is 10.3. The number of hydrogen-bond acceptors (Lipinski definition) is 6. The lowest BCUT2D eigenvalue weighted by molar-refractivity contribution is 0.181. The Hall–Kier alpha value is -2.03. The van der Waals surface area contributed by atoms with Crippen LogP contribution in [0.1, 0.15) is 30.4 Å². The minimum atomic E-state index is -3.29. The van der Waals surface area contributed by atoms with Crippen molar-refractivity contribution in [3.63, 3.8) is 0 Å². The monoisotopic (exact) mass is 416 g/mol. The smallest absolute Gasteiger partial charge is 0.145 e. The van der Waals surface area contributed by atoms with Crippen LogP contribution in [0.3, 0.4) is 0 Å². The molecule has 1 saturated heterocycles. The van der Waals surface area contributed by atoms with E-state index in [9.17, 15) is 14.2 Å². The van der Waals surface area contributed by atoms with E-state index in [4.69, 9.17) is 4.74 Å². The Labute approximate surface area is 173 Å². The summed E-state index contributed by atoms with van der Waals surface area (Å²) in [7, 11) is -3.29. The van der Waals surface area contributed by atoms with E-state index in [1.807, 2.05) is 48.5 Å². The molecule has 0 amide bonds. The summed E-state index contributed by atoms with van der Waals surface area (Å²) in [4.78, 5) is 0. The van der Waals surface area contributed by atoms with Crippen molar-refractivity contribution in [1.29, 1.82) is 0 Å². The average molecular weight is 417 g/mol. The highest BCUT2D eigenvalue weighted by molar-refractivity contribution is 8.24. The fourth-order valence-electron chi connectivity index (χ4n) is 3.90. The standard InChI is InChI=1S/C22H28N2O4S/c25-22-15-24(29(26,27)23-22)20-12-11-19(13-17-7-3-1-4-8-17)14-21(20)28-16-18-9-5-2-6-10-18/h1-3,5-6,9-12,14,17,22-23,25-27H,4,7-8,13,15-16H2. The molecule has 6 nitrogen and oxygen atoms in total. The molecule has 2 aliphatic rings. The van der Waals surface area contributed by atoms with Gasteiger partial charge in [-0.25, -0.2) is 0 Å². The van der Waals surface area contributed by atoms with Gasteiger partial charge in [-0.3, -0.25) is 13.4 Å². The molecular formula is C22H28N2O4S. The normalized spacial score (nSPS) is 24.4. The van der Waals surface area contributed by atoms with Gasteiger partial charge in [0.05, 0.1) is 6.54 Å². The molecule has 4 rings (SSSR count). The molecule has 0 saturated carbocycles. The molecule has 0 bridgehead atoms. The number of nitrogens with zero attached hydrogens (tertiary/aromatic N) is 1. The highest BCUT2D eigenvalue weighted by atomic mass is 32.3. The SMILES string of the molecule is OC1CN(c2ccc(CC3CC=CCC3)cc2OCc2ccccc2)S(O)(O)N1. The van der Waals surface area contributed by atoms with Crippen LogP contribution in [-0.4, -0.2) is 27.0 Å². The number of benzene rings is 2. The predicted molar refractivity (Wildman–Crippen MR) is 117 cm³/mol. The van der Waals surface area contributed by atoms with Crippen LogP contribution in [0.25, 0.3) is 0 Å². The third-order valence-electron chi connectivity index (χ3n) is 5.37. The van der Waals surface area contributed by atoms with Crippen LogP contribution < -0.4 is 13.8 Å². The van der Waals surface area contributed by atoms with Gasteiger partial charge in [-0.15, -0.1) is 0 Å². The van der Waals surface area contributed by atoms with E-state index in [0.717, 1.165) is 24.8 Å². The maximum Gasteiger partial charge on any atom is 0.145 e. The zero-order chi connectivity index (χ0) is 20.3. The topological polar surface area (TPSA) is 85.2 Å². The summed E-state index contributed by atoms with van der Waals surface area (Å²) < 4.78 is 30.6. The van der Waals surface area contributed by atoms with E-state index < -0.39 is 17.2 Å². The average Bonchev–Trinajstić information content (AvgIpc) is 3.00. The molecule has 0 spiro atoms. The summed E-state index contributed by atoms with van der Waals surface area (Å²) >= 11 is 0. The lowest BCUT2D eigenvalue weighted by Crippen LogP contribution is -2.26. The lowest BCUT2D eigenvalue weighted by atomic mass is 9.88. The Balaban J connectivity index is 1.59. The van der Waals surface area contributed by atoms with Crippen LogP contribution in [0.15, 0.2) is 60.7 Å². The van der Waals surface area contributed by atoms with Crippen molar-refractivity contribution in [1.82, 2.24) is 4.72 Å². The third kappa shape index (κ3) is 4.94. The van der Waals surface area contributed by atoms with Crippen molar-refractivity contribution in [2.24, 2.45) is 5.92 Å². The van der Waals surface area contributed by atoms with Crippen LogP contribution in [0.5, 0.6) is 5.75 Å². The molecule has 156 valence electrons. The lowest BCUT2D eigenvalue weighted by Gasteiger charge is -2.37. The second-order valence-electron chi connectivity index (χ2n) is 7.64. The molecule has 1 aliphatic carbocycles. The van der Waals surface area contributed by atoms with Crippen molar-refractivity contribution in [3.05, 3.63) is 71.8 Å². The number of hydrogen-bond donors (Lipinski definition) is 4. The van der Waals surface area contributed by atoms with Gasteiger partial charge in [0.1, 0.15) is 24.3 Å². The first-order valence-electron chi connectivity index (χ1n) is 9.97. The number of aliphatic hydroxyl groups is 1. The van der Waals surface area contributed by atoms with Crippen LogP contribution in [0.4, 0.5) is 5.69 Å². The molecular weight excluding hydrogens is 388 g/mol. The quantitative estimate of drug-likeness (QED) is 0.520. The first-order chi connectivity index (χ1) is 14.0. The Morgan fingerprint density at radius 2 is 1.90 bits per heavy atom. The number of rotatable bonds is 6. The fourth-order valence-corrected chi connectivity index (χ4v) is 5.24. The molecule has 29 heavy (non-hydrogen) atoms. The van der Waals surface area contributed by atoms with Crippen molar-refractivity contribution < 1.29 is 18.9 Å².